The van der Waals surface area contributed by atoms with E-state index in [-0.39, 0.29) is 11.8 Å². The molecular weight excluding hydrogens is 274 g/mol. The Bertz CT molecular complexity index is 412. The molecule has 0 aromatic heterocycles. The van der Waals surface area contributed by atoms with Crippen LogP contribution < -0.4 is 5.06 Å². The smallest absolute Gasteiger partial charge is 0.265 e. The highest BCUT2D eigenvalue weighted by molar-refractivity contribution is 6.29. The van der Waals surface area contributed by atoms with E-state index in [1.165, 1.54) is 5.06 Å². The molecular formula is C16H24ClNO2. The second-order valence-corrected chi connectivity index (χ2v) is 4.91. The molecule has 112 valence electrons. The maximum Gasteiger partial charge on any atom is 0.265 e. The van der Waals surface area contributed by atoms with E-state index in [0.29, 0.717) is 6.61 Å². The number of halogens is 1. The van der Waals surface area contributed by atoms with E-state index in [1.54, 1.807) is 0 Å². The fourth-order valence-electron chi connectivity index (χ4n) is 2.09. The largest absolute Gasteiger partial charge is 0.271 e. The predicted octanol–water partition coefficient (Wildman–Crippen LogP) is 4.11. The van der Waals surface area contributed by atoms with E-state index in [0.717, 1.165) is 42.5 Å². The van der Waals surface area contributed by atoms with Gasteiger partial charge in [-0.05, 0) is 30.4 Å². The minimum absolute atomic E-state index is 0.0761. The van der Waals surface area contributed by atoms with Crippen LogP contribution in [0, 0.1) is 0 Å². The minimum atomic E-state index is -0.210. The van der Waals surface area contributed by atoms with Gasteiger partial charge in [-0.3, -0.25) is 9.63 Å². The first-order valence-corrected chi connectivity index (χ1v) is 7.85. The predicted molar refractivity (Wildman–Crippen MR) is 84.3 cm³/mol. The highest BCUT2D eigenvalue weighted by atomic mass is 35.5. The molecule has 1 amide bonds. The fourth-order valence-corrected chi connectivity index (χ4v) is 2.20. The van der Waals surface area contributed by atoms with E-state index >= 15 is 0 Å². The molecule has 0 saturated carbocycles. The SMILES string of the molecule is CCCCON(C(=O)CCl)c1c(CC)cccc1CC. The van der Waals surface area contributed by atoms with Crippen molar-refractivity contribution in [3.63, 3.8) is 0 Å². The summed E-state index contributed by atoms with van der Waals surface area (Å²) in [5, 5.41) is 1.40. The molecule has 4 heteroatoms. The summed E-state index contributed by atoms with van der Waals surface area (Å²) in [6, 6.07) is 6.09. The lowest BCUT2D eigenvalue weighted by molar-refractivity contribution is -0.123. The number of hydrogen-bond donors (Lipinski definition) is 0. The van der Waals surface area contributed by atoms with Crippen molar-refractivity contribution in [1.29, 1.82) is 0 Å². The number of hydrogen-bond acceptors (Lipinski definition) is 2. The molecule has 0 aliphatic carbocycles. The van der Waals surface area contributed by atoms with Gasteiger partial charge in [0.15, 0.2) is 0 Å². The second-order valence-electron chi connectivity index (χ2n) is 4.64. The summed E-state index contributed by atoms with van der Waals surface area (Å²) >= 11 is 5.73. The average molecular weight is 298 g/mol. The van der Waals surface area contributed by atoms with Crippen molar-refractivity contribution >= 4 is 23.2 Å². The van der Waals surface area contributed by atoms with E-state index in [2.05, 4.69) is 20.8 Å². The lowest BCUT2D eigenvalue weighted by Gasteiger charge is -2.26. The molecule has 0 heterocycles. The van der Waals surface area contributed by atoms with Crippen LogP contribution in [-0.2, 0) is 22.5 Å². The van der Waals surface area contributed by atoms with Crippen molar-refractivity contribution in [1.82, 2.24) is 0 Å². The van der Waals surface area contributed by atoms with Gasteiger partial charge in [-0.2, -0.15) is 5.06 Å². The zero-order valence-electron chi connectivity index (χ0n) is 12.6. The number of unbranched alkanes of at least 4 members (excludes halogenated alkanes) is 1. The first-order valence-electron chi connectivity index (χ1n) is 7.32. The van der Waals surface area contributed by atoms with E-state index in [4.69, 9.17) is 16.4 Å². The van der Waals surface area contributed by atoms with Crippen molar-refractivity contribution < 1.29 is 9.63 Å². The summed E-state index contributed by atoms with van der Waals surface area (Å²) in [7, 11) is 0. The van der Waals surface area contributed by atoms with E-state index in [9.17, 15) is 4.79 Å². The Balaban J connectivity index is 3.14. The maximum absolute atomic E-state index is 12.1. The number of aryl methyl sites for hydroxylation is 2. The first kappa shape index (κ1) is 17.0. The van der Waals surface area contributed by atoms with Crippen molar-refractivity contribution in [2.75, 3.05) is 17.6 Å². The number of rotatable bonds is 8. The maximum atomic E-state index is 12.1. The van der Waals surface area contributed by atoms with Gasteiger partial charge in [-0.15, -0.1) is 11.6 Å². The Morgan fingerprint density at radius 3 is 2.25 bits per heavy atom. The van der Waals surface area contributed by atoms with E-state index < -0.39 is 0 Å². The number of carbonyl (C=O) groups is 1. The van der Waals surface area contributed by atoms with Crippen LogP contribution in [0.3, 0.4) is 0 Å². The third-order valence-corrected chi connectivity index (χ3v) is 3.46. The van der Waals surface area contributed by atoms with Crippen molar-refractivity contribution in [2.45, 2.75) is 46.5 Å². The Kier molecular flexibility index (Phi) is 7.63. The van der Waals surface area contributed by atoms with Crippen molar-refractivity contribution in [3.05, 3.63) is 29.3 Å². The molecule has 1 aromatic rings. The minimum Gasteiger partial charge on any atom is -0.271 e. The molecule has 0 radical (unpaired) electrons. The normalized spacial score (nSPS) is 10.6. The fraction of sp³-hybridized carbons (Fsp3) is 0.562. The first-order chi connectivity index (χ1) is 9.69. The molecule has 20 heavy (non-hydrogen) atoms. The van der Waals surface area contributed by atoms with Crippen molar-refractivity contribution in [2.24, 2.45) is 0 Å². The summed E-state index contributed by atoms with van der Waals surface area (Å²) in [4.78, 5) is 17.8. The Labute approximate surface area is 126 Å². The molecule has 0 unspecified atom stereocenters. The molecule has 0 aliphatic heterocycles. The number of nitrogens with zero attached hydrogens (tertiary/aromatic N) is 1. The molecule has 1 rings (SSSR count). The lowest BCUT2D eigenvalue weighted by atomic mass is 10.0. The molecule has 1 aromatic carbocycles. The van der Waals surface area contributed by atoms with Gasteiger partial charge < -0.3 is 0 Å². The Morgan fingerprint density at radius 1 is 1.20 bits per heavy atom. The zero-order chi connectivity index (χ0) is 15.0. The van der Waals surface area contributed by atoms with E-state index in [1.807, 2.05) is 18.2 Å². The van der Waals surface area contributed by atoms with Gasteiger partial charge >= 0.3 is 0 Å². The molecule has 0 aliphatic rings. The molecule has 0 saturated heterocycles. The topological polar surface area (TPSA) is 29.5 Å². The highest BCUT2D eigenvalue weighted by Gasteiger charge is 2.21. The third-order valence-electron chi connectivity index (χ3n) is 3.23. The average Bonchev–Trinajstić information content (AvgIpc) is 2.50. The molecule has 0 fully saturated rings. The number of carbonyl (C=O) groups excluding carboxylic acids is 1. The van der Waals surface area contributed by atoms with Crippen LogP contribution in [0.25, 0.3) is 0 Å². The number of benzene rings is 1. The van der Waals surface area contributed by atoms with Gasteiger partial charge in [0.25, 0.3) is 5.91 Å². The van der Waals surface area contributed by atoms with Crippen LogP contribution >= 0.6 is 11.6 Å². The number of hydroxylamine groups is 1. The Hall–Kier alpha value is -1.06. The highest BCUT2D eigenvalue weighted by Crippen LogP contribution is 2.28. The molecule has 3 nitrogen and oxygen atoms in total. The summed E-state index contributed by atoms with van der Waals surface area (Å²) in [6.07, 6.45) is 3.65. The second kappa shape index (κ2) is 8.98. The molecule has 0 N–H and O–H groups in total. The summed E-state index contributed by atoms with van der Waals surface area (Å²) in [5.74, 6) is -0.286. The van der Waals surface area contributed by atoms with Gasteiger partial charge in [0.1, 0.15) is 5.88 Å². The van der Waals surface area contributed by atoms with Gasteiger partial charge in [0.2, 0.25) is 0 Å². The van der Waals surface area contributed by atoms with Gasteiger partial charge in [-0.25, -0.2) is 0 Å². The van der Waals surface area contributed by atoms with Crippen LogP contribution in [0.4, 0.5) is 5.69 Å². The van der Waals surface area contributed by atoms with Crippen LogP contribution in [0.2, 0.25) is 0 Å². The van der Waals surface area contributed by atoms with Gasteiger partial charge in [0, 0.05) is 0 Å². The molecule has 0 spiro atoms. The number of para-hydroxylation sites is 1. The number of alkyl halides is 1. The number of anilines is 1. The Morgan fingerprint density at radius 2 is 1.80 bits per heavy atom. The molecule has 0 atom stereocenters. The van der Waals surface area contributed by atoms with Crippen molar-refractivity contribution in [3.8, 4) is 0 Å². The monoisotopic (exact) mass is 297 g/mol. The van der Waals surface area contributed by atoms with Crippen LogP contribution in [0.5, 0.6) is 0 Å². The summed E-state index contributed by atoms with van der Waals surface area (Å²) in [5.41, 5.74) is 3.10. The lowest BCUT2D eigenvalue weighted by Crippen LogP contribution is -2.34. The summed E-state index contributed by atoms with van der Waals surface area (Å²) in [6.45, 7) is 6.77. The van der Waals surface area contributed by atoms with Crippen LogP contribution in [0.15, 0.2) is 18.2 Å². The third kappa shape index (κ3) is 4.22. The summed E-state index contributed by atoms with van der Waals surface area (Å²) < 4.78 is 0. The number of amides is 1. The van der Waals surface area contributed by atoms with Gasteiger partial charge in [0.05, 0.1) is 12.3 Å². The quantitative estimate of drug-likeness (QED) is 0.410. The molecule has 0 bridgehead atoms. The van der Waals surface area contributed by atoms with Crippen LogP contribution in [-0.4, -0.2) is 18.4 Å². The standard InChI is InChI=1S/C16H24ClNO2/c1-4-7-11-20-18(15(19)12-17)16-13(5-2)9-8-10-14(16)6-3/h8-10H,4-7,11-12H2,1-3H3. The van der Waals surface area contributed by atoms with Crippen LogP contribution in [0.1, 0.15) is 44.7 Å². The van der Waals surface area contributed by atoms with Gasteiger partial charge in [-0.1, -0.05) is 45.4 Å². The zero-order valence-corrected chi connectivity index (χ0v) is 13.4.